The van der Waals surface area contributed by atoms with Gasteiger partial charge in [0.1, 0.15) is 11.3 Å². The van der Waals surface area contributed by atoms with Gasteiger partial charge in [-0.25, -0.2) is 9.59 Å². The van der Waals surface area contributed by atoms with E-state index in [-0.39, 0.29) is 12.2 Å². The lowest BCUT2D eigenvalue weighted by atomic mass is 10.2. The Hall–Kier alpha value is -3.27. The van der Waals surface area contributed by atoms with E-state index < -0.39 is 24.5 Å². The van der Waals surface area contributed by atoms with Crippen LogP contribution in [-0.4, -0.2) is 45.7 Å². The van der Waals surface area contributed by atoms with Crippen LogP contribution >= 0.6 is 11.3 Å². The number of esters is 2. The van der Waals surface area contributed by atoms with Crippen LogP contribution in [-0.2, 0) is 20.7 Å². The fourth-order valence-corrected chi connectivity index (χ4v) is 3.40. The molecule has 0 aliphatic carbocycles. The van der Waals surface area contributed by atoms with Gasteiger partial charge in [0.05, 0.1) is 17.7 Å². The molecule has 10 heteroatoms. The molecule has 0 spiro atoms. The lowest BCUT2D eigenvalue weighted by Crippen LogP contribution is -2.21. The number of carbonyl (C=O) groups is 3. The smallest absolute Gasteiger partial charge is 0.341 e. The Morgan fingerprint density at radius 3 is 2.75 bits per heavy atom. The maximum Gasteiger partial charge on any atom is 0.341 e. The number of ether oxygens (including phenoxy) is 2. The predicted octanol–water partition coefficient (Wildman–Crippen LogP) is 2.33. The number of thiophene rings is 1. The number of aromatic nitrogens is 3. The first kappa shape index (κ1) is 19.5. The third kappa shape index (κ3) is 4.34. The first-order chi connectivity index (χ1) is 13.5. The third-order valence-corrected chi connectivity index (χ3v) is 4.94. The standard InChI is InChI=1S/C18H18N4O5S/c1-3-12-7-13(18(25)26-4-2)16(28-12)20-15(23)9-27-17(24)11-5-6-14-21-19-10-22(14)8-11/h5-8,10H,3-4,9H2,1-2H3,(H,20,23). The van der Waals surface area contributed by atoms with Gasteiger partial charge in [-0.3, -0.25) is 9.20 Å². The number of aryl methyl sites for hydroxylation is 1. The fourth-order valence-electron chi connectivity index (χ4n) is 2.39. The summed E-state index contributed by atoms with van der Waals surface area (Å²) in [6, 6.07) is 4.85. The van der Waals surface area contributed by atoms with Crippen LogP contribution in [0.3, 0.4) is 0 Å². The Morgan fingerprint density at radius 2 is 2.00 bits per heavy atom. The predicted molar refractivity (Wildman–Crippen MR) is 102 cm³/mol. The van der Waals surface area contributed by atoms with Gasteiger partial charge in [-0.15, -0.1) is 21.5 Å². The summed E-state index contributed by atoms with van der Waals surface area (Å²) in [5.41, 5.74) is 1.14. The number of hydrogen-bond donors (Lipinski definition) is 1. The third-order valence-electron chi connectivity index (χ3n) is 3.74. The summed E-state index contributed by atoms with van der Waals surface area (Å²) in [4.78, 5) is 37.3. The largest absolute Gasteiger partial charge is 0.462 e. The average molecular weight is 402 g/mol. The van der Waals surface area contributed by atoms with Crippen LogP contribution in [0.4, 0.5) is 5.00 Å². The maximum atomic E-state index is 12.2. The summed E-state index contributed by atoms with van der Waals surface area (Å²) < 4.78 is 11.6. The van der Waals surface area contributed by atoms with Crippen molar-refractivity contribution >= 4 is 39.8 Å². The van der Waals surface area contributed by atoms with Gasteiger partial charge in [-0.05, 0) is 31.5 Å². The zero-order valence-electron chi connectivity index (χ0n) is 15.3. The highest BCUT2D eigenvalue weighted by molar-refractivity contribution is 7.16. The molecule has 1 amide bonds. The molecule has 3 heterocycles. The highest BCUT2D eigenvalue weighted by Gasteiger charge is 2.19. The van der Waals surface area contributed by atoms with Crippen LogP contribution in [0.1, 0.15) is 39.4 Å². The molecule has 146 valence electrons. The lowest BCUT2D eigenvalue weighted by molar-refractivity contribution is -0.119. The normalized spacial score (nSPS) is 10.6. The molecular formula is C18H18N4O5S. The maximum absolute atomic E-state index is 12.2. The van der Waals surface area contributed by atoms with Crippen LogP contribution in [0.5, 0.6) is 0 Å². The summed E-state index contributed by atoms with van der Waals surface area (Å²) in [6.07, 6.45) is 3.69. The minimum absolute atomic E-state index is 0.234. The number of fused-ring (bicyclic) bond motifs is 1. The molecule has 0 fully saturated rings. The second-order valence-electron chi connectivity index (χ2n) is 5.67. The highest BCUT2D eigenvalue weighted by Crippen LogP contribution is 2.29. The summed E-state index contributed by atoms with van der Waals surface area (Å²) in [5, 5.41) is 10.6. The molecule has 0 aliphatic heterocycles. The Balaban J connectivity index is 1.63. The van der Waals surface area contributed by atoms with Gasteiger partial charge in [0.2, 0.25) is 0 Å². The Morgan fingerprint density at radius 1 is 1.18 bits per heavy atom. The van der Waals surface area contributed by atoms with Crippen LogP contribution < -0.4 is 5.32 Å². The SMILES string of the molecule is CCOC(=O)c1cc(CC)sc1NC(=O)COC(=O)c1ccc2nncn2c1. The van der Waals surface area contributed by atoms with Crippen molar-refractivity contribution in [2.45, 2.75) is 20.3 Å². The van der Waals surface area contributed by atoms with Gasteiger partial charge in [-0.2, -0.15) is 0 Å². The molecule has 0 saturated heterocycles. The van der Waals surface area contributed by atoms with E-state index in [2.05, 4.69) is 15.5 Å². The number of pyridine rings is 1. The lowest BCUT2D eigenvalue weighted by Gasteiger charge is -2.07. The van der Waals surface area contributed by atoms with Crippen molar-refractivity contribution in [2.24, 2.45) is 0 Å². The van der Waals surface area contributed by atoms with Gasteiger partial charge in [0.25, 0.3) is 5.91 Å². The van der Waals surface area contributed by atoms with Gasteiger partial charge in [0, 0.05) is 11.1 Å². The van der Waals surface area contributed by atoms with Crippen LogP contribution in [0.15, 0.2) is 30.7 Å². The monoisotopic (exact) mass is 402 g/mol. The topological polar surface area (TPSA) is 112 Å². The first-order valence-electron chi connectivity index (χ1n) is 8.58. The van der Waals surface area contributed by atoms with E-state index in [0.717, 1.165) is 4.88 Å². The minimum Gasteiger partial charge on any atom is -0.462 e. The van der Waals surface area contributed by atoms with Crippen molar-refractivity contribution in [3.05, 3.63) is 46.7 Å². The molecule has 1 N–H and O–H groups in total. The summed E-state index contributed by atoms with van der Waals surface area (Å²) in [7, 11) is 0. The van der Waals surface area contributed by atoms with Crippen molar-refractivity contribution in [1.82, 2.24) is 14.6 Å². The van der Waals surface area contributed by atoms with E-state index in [1.165, 1.54) is 29.9 Å². The molecule has 0 radical (unpaired) electrons. The number of nitrogens with one attached hydrogen (secondary N) is 1. The van der Waals surface area contributed by atoms with Gasteiger partial charge < -0.3 is 14.8 Å². The molecule has 3 rings (SSSR count). The minimum atomic E-state index is -0.656. The molecular weight excluding hydrogens is 384 g/mol. The first-order valence-corrected chi connectivity index (χ1v) is 9.39. The number of carbonyl (C=O) groups excluding carboxylic acids is 3. The molecule has 0 saturated carbocycles. The Kier molecular flexibility index (Phi) is 5.99. The fraction of sp³-hybridized carbons (Fsp3) is 0.278. The number of nitrogens with zero attached hydrogens (tertiary/aromatic N) is 3. The van der Waals surface area contributed by atoms with Gasteiger partial charge >= 0.3 is 11.9 Å². The van der Waals surface area contributed by atoms with E-state index >= 15 is 0 Å². The molecule has 0 bridgehead atoms. The molecule has 0 aliphatic rings. The molecule has 3 aromatic rings. The molecule has 28 heavy (non-hydrogen) atoms. The summed E-state index contributed by atoms with van der Waals surface area (Å²) in [5.74, 6) is -1.71. The number of rotatable bonds is 7. The Bertz CT molecular complexity index is 1030. The number of anilines is 1. The molecule has 0 unspecified atom stereocenters. The number of hydrogen-bond acceptors (Lipinski definition) is 8. The average Bonchev–Trinajstić information content (AvgIpc) is 3.32. The molecule has 0 atom stereocenters. The second kappa shape index (κ2) is 8.61. The molecule has 9 nitrogen and oxygen atoms in total. The number of amides is 1. The van der Waals surface area contributed by atoms with Crippen molar-refractivity contribution < 1.29 is 23.9 Å². The summed E-state index contributed by atoms with van der Waals surface area (Å²) >= 11 is 1.28. The van der Waals surface area contributed by atoms with Crippen molar-refractivity contribution in [2.75, 3.05) is 18.5 Å². The van der Waals surface area contributed by atoms with E-state index in [1.54, 1.807) is 23.5 Å². The quantitative estimate of drug-likeness (QED) is 0.604. The molecule has 0 aromatic carbocycles. The van der Waals surface area contributed by atoms with Crippen LogP contribution in [0, 0.1) is 0 Å². The van der Waals surface area contributed by atoms with Crippen LogP contribution in [0.2, 0.25) is 0 Å². The van der Waals surface area contributed by atoms with Crippen LogP contribution in [0.25, 0.3) is 5.65 Å². The second-order valence-corrected chi connectivity index (χ2v) is 6.80. The highest BCUT2D eigenvalue weighted by atomic mass is 32.1. The van der Waals surface area contributed by atoms with E-state index in [9.17, 15) is 14.4 Å². The molecule has 3 aromatic heterocycles. The zero-order valence-corrected chi connectivity index (χ0v) is 16.1. The van der Waals surface area contributed by atoms with E-state index in [1.807, 2.05) is 6.92 Å². The van der Waals surface area contributed by atoms with Gasteiger partial charge in [-0.1, -0.05) is 6.92 Å². The van der Waals surface area contributed by atoms with E-state index in [4.69, 9.17) is 9.47 Å². The zero-order chi connectivity index (χ0) is 20.1. The van der Waals surface area contributed by atoms with Crippen molar-refractivity contribution in [3.8, 4) is 0 Å². The van der Waals surface area contributed by atoms with E-state index in [0.29, 0.717) is 22.6 Å². The van der Waals surface area contributed by atoms with Crippen molar-refractivity contribution in [3.63, 3.8) is 0 Å². The van der Waals surface area contributed by atoms with Gasteiger partial charge in [0.15, 0.2) is 12.3 Å². The van der Waals surface area contributed by atoms with Crippen molar-refractivity contribution in [1.29, 1.82) is 0 Å². The Labute approximate surface area is 164 Å². The summed E-state index contributed by atoms with van der Waals surface area (Å²) in [6.45, 7) is 3.40.